The van der Waals surface area contributed by atoms with E-state index in [1.165, 1.54) is 15.1 Å². The van der Waals surface area contributed by atoms with Gasteiger partial charge >= 0.3 is 110 Å². The van der Waals surface area contributed by atoms with Gasteiger partial charge in [-0.3, -0.25) is 0 Å². The van der Waals surface area contributed by atoms with Crippen molar-refractivity contribution in [3.63, 3.8) is 0 Å². The summed E-state index contributed by atoms with van der Waals surface area (Å²) in [6.45, 7) is 0. The zero-order chi connectivity index (χ0) is 41.8. The maximum atomic E-state index is 4.59. The van der Waals surface area contributed by atoms with Gasteiger partial charge < -0.3 is 0 Å². The molecule has 0 nitrogen and oxygen atoms in total. The van der Waals surface area contributed by atoms with Gasteiger partial charge in [0, 0.05) is 257 Å². The first-order chi connectivity index (χ1) is 28.8. The molecule has 0 rings (SSSR count). The Morgan fingerprint density at radius 1 is 0.207 bits per heavy atom. The van der Waals surface area contributed by atoms with Gasteiger partial charge in [0.25, 0.3) is 0 Å². The van der Waals surface area contributed by atoms with Crippen LogP contribution < -0.4 is 0 Å². The van der Waals surface area contributed by atoms with E-state index in [0.29, 0.717) is 0 Å². The molecule has 0 spiro atoms. The SMILES string of the molecule is CI(#P)P=PP=PP=PP=PP=PP=PP=PP=PP=PP=PP=PP=PP=PP=PP=PP=PP=PP=PP=PP=PP=PP=PP=PP=PP=PP=PP=PP. The van der Waals surface area contributed by atoms with Crippen LogP contribution in [0, 0.1) is 0 Å². The molecule has 0 aliphatic rings. The van der Waals surface area contributed by atoms with E-state index in [9.17, 15) is 0 Å². The Morgan fingerprint density at radius 2 is 0.310 bits per heavy atom. The molecule has 1 atom stereocenters. The molecule has 296 valence electrons. The van der Waals surface area contributed by atoms with Crippen LogP contribution in [0.3, 0.4) is 0 Å². The Morgan fingerprint density at radius 3 is 0.414 bits per heavy atom. The molecular weight excluding hydrogens is 1870 g/mol. The minimum atomic E-state index is -0.813. The Balaban J connectivity index is 4.08. The summed E-state index contributed by atoms with van der Waals surface area (Å²) >= 11 is -0.813. The molecule has 0 saturated heterocycles. The van der Waals surface area contributed by atoms with Crippen molar-refractivity contribution in [1.82, 2.24) is 0 Å². The predicted octanol–water partition coefficient (Wildman–Crippen LogP) is 48.7. The van der Waals surface area contributed by atoms with Crippen molar-refractivity contribution in [3.8, 4) is 0 Å². The summed E-state index contributed by atoms with van der Waals surface area (Å²) in [5.41, 5.74) is 1.61. The summed E-state index contributed by atoms with van der Waals surface area (Å²) in [5.74, 6) is 0. The van der Waals surface area contributed by atoms with Crippen molar-refractivity contribution in [2.24, 2.45) is 0 Å². The smallest absolute Gasteiger partial charge is 0.0774 e. The summed E-state index contributed by atoms with van der Waals surface area (Å²) in [4.78, 5) is 2.33. The molecule has 0 bridgehead atoms. The molecule has 1 unspecified atom stereocenters. The van der Waals surface area contributed by atoms with Crippen molar-refractivity contribution in [1.29, 1.82) is 0 Å². The third-order valence-corrected chi connectivity index (χ3v) is 186. The first-order valence-electron chi connectivity index (χ1n) is 11.6. The van der Waals surface area contributed by atoms with Gasteiger partial charge in [0.2, 0.25) is 0 Å². The number of alkyl halides is 1. The second-order valence-corrected chi connectivity index (χ2v) is 145. The van der Waals surface area contributed by atoms with Gasteiger partial charge in [-0.05, 0) is 68.0 Å². The van der Waals surface area contributed by atoms with Crippen molar-refractivity contribution >= 4 is 439 Å². The second kappa shape index (κ2) is 72.8. The average molecular weight is 1880 g/mol. The third-order valence-electron chi connectivity index (χ3n) is 2.23. The second-order valence-electron chi connectivity index (χ2n) is 5.26. The first kappa shape index (κ1) is 75.8. The third kappa shape index (κ3) is 73.8. The van der Waals surface area contributed by atoms with Gasteiger partial charge in [-0.2, -0.15) is 0 Å². The van der Waals surface area contributed by atoms with Gasteiger partial charge in [0.15, 0.2) is 0 Å². The minimum Gasteiger partial charge on any atom is -0.0774 e. The standard InChI is InChI=1S/CH5IP56/c1-2(3)5-7-9-11-13-15-17-19-21-23-25-27-29-31-33-35-37-39-41-43-45-47-49-51-53-55-57-58-56-54-52-50-48-46-44-42-40-38-36-34-32-30-28-26-24-22-20-18-16-14-12-10-8-6-4/h4H2,1H3. The fraction of sp³-hybridized carbons (Fsp3) is 1.00. The molecule has 0 saturated carbocycles. The van der Waals surface area contributed by atoms with E-state index in [1.54, 1.807) is 391 Å². The van der Waals surface area contributed by atoms with Crippen LogP contribution in [0.1, 0.15) is 0 Å². The van der Waals surface area contributed by atoms with E-state index < -0.39 is 18.0 Å². The van der Waals surface area contributed by atoms with Crippen molar-refractivity contribution in [2.45, 2.75) is 0 Å². The molecule has 0 aromatic rings. The molecule has 0 fully saturated rings. The van der Waals surface area contributed by atoms with Gasteiger partial charge in [-0.1, -0.05) is 8.93 Å². The Kier molecular flexibility index (Phi) is 95.1. The maximum absolute atomic E-state index is 4.59. The van der Waals surface area contributed by atoms with E-state index in [4.69, 9.17) is 0 Å². The van der Waals surface area contributed by atoms with Crippen LogP contribution in [0.4, 0.5) is 0 Å². The number of hydrogen-bond donors (Lipinski definition) is 0. The molecule has 0 aromatic carbocycles. The zero-order valence-electron chi connectivity index (χ0n) is 26.6. The predicted molar refractivity (Wildman–Crippen MR) is 410 cm³/mol. The quantitative estimate of drug-likeness (QED) is 0.0460. The molecule has 58 heavy (non-hydrogen) atoms. The number of rotatable bonds is 26. The molecule has 0 aliphatic heterocycles. The molecule has 57 heteroatoms. The summed E-state index contributed by atoms with van der Waals surface area (Å²) in [7, 11) is 87.5. The van der Waals surface area contributed by atoms with Crippen LogP contribution in [0.15, 0.2) is 0 Å². The van der Waals surface area contributed by atoms with E-state index >= 15 is 0 Å². The van der Waals surface area contributed by atoms with Gasteiger partial charge in [0.1, 0.15) is 0 Å². The van der Waals surface area contributed by atoms with Crippen molar-refractivity contribution < 1.29 is 0 Å². The summed E-state index contributed by atoms with van der Waals surface area (Å²) in [6, 6.07) is 0. The fourth-order valence-corrected chi connectivity index (χ4v) is 246. The van der Waals surface area contributed by atoms with Crippen LogP contribution in [-0.2, 0) is 0 Å². The topological polar surface area (TPSA) is 0 Å². The van der Waals surface area contributed by atoms with Gasteiger partial charge in [-0.15, -0.1) is 0 Å². The molecule has 0 N–H and O–H groups in total. The van der Waals surface area contributed by atoms with Crippen LogP contribution in [0.25, 0.3) is 0 Å². The Hall–Kier alpha value is 17.8. The normalized spacial score (nSPS) is 15.5. The fourth-order valence-electron chi connectivity index (χ4n) is 0.982. The Labute approximate surface area is 436 Å². The van der Waals surface area contributed by atoms with Crippen LogP contribution in [0.2, 0.25) is 0 Å². The molecule has 0 aliphatic carbocycles. The van der Waals surface area contributed by atoms with E-state index in [2.05, 4.69) is 20.0 Å². The zero-order valence-corrected chi connectivity index (χ0v) is 79.1. The molecule has 0 radical (unpaired) electrons. The van der Waals surface area contributed by atoms with Gasteiger partial charge in [-0.25, -0.2) is 0 Å². The minimum absolute atomic E-state index is 0.813. The molecule has 0 heterocycles. The summed E-state index contributed by atoms with van der Waals surface area (Å²) in [5, 5.41) is 0. The van der Waals surface area contributed by atoms with Crippen molar-refractivity contribution in [2.75, 3.05) is 4.93 Å². The number of hydrogen-bond acceptors (Lipinski definition) is 0. The monoisotopic (exact) mass is 1880 g/mol. The average Bonchev–Trinajstić information content (AvgIpc) is 3.22. The molecular formula is CH5IP56. The summed E-state index contributed by atoms with van der Waals surface area (Å²) < 4.78 is 0. The van der Waals surface area contributed by atoms with Crippen LogP contribution in [0.5, 0.6) is 0 Å². The number of halogens is 1. The van der Waals surface area contributed by atoms with E-state index in [1.807, 2.05) is 0 Å². The van der Waals surface area contributed by atoms with Crippen LogP contribution >= 0.6 is 439 Å². The van der Waals surface area contributed by atoms with Gasteiger partial charge in [0.05, 0.1) is 0 Å². The molecule has 0 amide bonds. The van der Waals surface area contributed by atoms with Crippen molar-refractivity contribution in [3.05, 3.63) is 0 Å². The first-order valence-corrected chi connectivity index (χ1v) is 107. The molecule has 0 aromatic heterocycles. The Bertz CT molecular complexity index is 1970. The van der Waals surface area contributed by atoms with Crippen LogP contribution in [-0.4, -0.2) is 4.93 Å². The van der Waals surface area contributed by atoms with E-state index in [0.717, 1.165) is 0 Å². The van der Waals surface area contributed by atoms with E-state index in [-0.39, 0.29) is 0 Å². The summed E-state index contributed by atoms with van der Waals surface area (Å²) in [6.07, 6.45) is 4.59.